The number of fused-ring (bicyclic) bond motifs is 2. The average Bonchev–Trinajstić information content (AvgIpc) is 3.29. The monoisotopic (exact) mass is 430 g/mol. The molecule has 0 atom stereocenters. The van der Waals surface area contributed by atoms with Crippen LogP contribution in [0.4, 0.5) is 17.2 Å². The van der Waals surface area contributed by atoms with Crippen molar-refractivity contribution in [2.75, 3.05) is 10.2 Å². The van der Waals surface area contributed by atoms with Gasteiger partial charge < -0.3 is 10.2 Å². The Hall–Kier alpha value is -4.38. The first-order valence-corrected chi connectivity index (χ1v) is 11.0. The normalized spacial score (nSPS) is 12.7. The van der Waals surface area contributed by atoms with E-state index in [2.05, 4.69) is 56.2 Å². The Morgan fingerprint density at radius 1 is 0.758 bits per heavy atom. The summed E-state index contributed by atoms with van der Waals surface area (Å²) >= 11 is 0. The van der Waals surface area contributed by atoms with Crippen LogP contribution in [0.3, 0.4) is 0 Å². The standard InChI is InChI=1S/C28H22N4O/c33-26-15-27(30-22-11-3-1-4-12-22)32(23-13-5-2-6-14-23)28-24(26)16-29-17-25(28)31-18-20-9-7-8-10-21(20)19-31/h1-17,30H,18-19H2. The van der Waals surface area contributed by atoms with E-state index in [0.29, 0.717) is 11.2 Å². The predicted octanol–water partition coefficient (Wildman–Crippen LogP) is 5.65. The van der Waals surface area contributed by atoms with Crippen LogP contribution in [0.15, 0.2) is 108 Å². The summed E-state index contributed by atoms with van der Waals surface area (Å²) < 4.78 is 2.13. The van der Waals surface area contributed by atoms with Gasteiger partial charge in [-0.3, -0.25) is 14.3 Å². The molecule has 0 unspecified atom stereocenters. The van der Waals surface area contributed by atoms with Crippen LogP contribution in [0.5, 0.6) is 0 Å². The predicted molar refractivity (Wildman–Crippen MR) is 133 cm³/mol. The van der Waals surface area contributed by atoms with Crippen LogP contribution in [-0.2, 0) is 13.1 Å². The lowest BCUT2D eigenvalue weighted by molar-refractivity contribution is 0.876. The number of hydrogen-bond donors (Lipinski definition) is 1. The molecule has 0 saturated carbocycles. The van der Waals surface area contributed by atoms with E-state index >= 15 is 0 Å². The molecule has 0 bridgehead atoms. The molecule has 160 valence electrons. The second-order valence-corrected chi connectivity index (χ2v) is 8.24. The average molecular weight is 431 g/mol. The van der Waals surface area contributed by atoms with Crippen molar-refractivity contribution in [1.82, 2.24) is 9.55 Å². The van der Waals surface area contributed by atoms with E-state index in [1.54, 1.807) is 12.3 Å². The highest BCUT2D eigenvalue weighted by Crippen LogP contribution is 2.35. The van der Waals surface area contributed by atoms with Crippen molar-refractivity contribution in [3.8, 4) is 5.69 Å². The van der Waals surface area contributed by atoms with E-state index in [1.165, 1.54) is 11.1 Å². The molecule has 2 aromatic heterocycles. The Labute approximate surface area is 191 Å². The molecule has 0 amide bonds. The first-order chi connectivity index (χ1) is 16.3. The van der Waals surface area contributed by atoms with Gasteiger partial charge in [-0.1, -0.05) is 60.7 Å². The second-order valence-electron chi connectivity index (χ2n) is 8.24. The van der Waals surface area contributed by atoms with E-state index in [-0.39, 0.29) is 5.43 Å². The Kier molecular flexibility index (Phi) is 4.65. The number of aromatic nitrogens is 2. The number of nitrogens with zero attached hydrogens (tertiary/aromatic N) is 3. The van der Waals surface area contributed by atoms with Crippen molar-refractivity contribution in [2.24, 2.45) is 0 Å². The molecule has 3 aromatic carbocycles. The van der Waals surface area contributed by atoms with Crippen molar-refractivity contribution in [3.05, 3.63) is 125 Å². The molecule has 3 heterocycles. The van der Waals surface area contributed by atoms with Crippen molar-refractivity contribution in [2.45, 2.75) is 13.1 Å². The summed E-state index contributed by atoms with van der Waals surface area (Å²) in [6.45, 7) is 1.58. The minimum absolute atomic E-state index is 0.0540. The topological polar surface area (TPSA) is 50.2 Å². The molecule has 5 nitrogen and oxygen atoms in total. The summed E-state index contributed by atoms with van der Waals surface area (Å²) in [4.78, 5) is 20.0. The van der Waals surface area contributed by atoms with E-state index in [4.69, 9.17) is 0 Å². The summed E-state index contributed by atoms with van der Waals surface area (Å²) in [5.74, 6) is 0.717. The van der Waals surface area contributed by atoms with Crippen LogP contribution in [0.2, 0.25) is 0 Å². The van der Waals surface area contributed by atoms with Gasteiger partial charge in [-0.2, -0.15) is 0 Å². The third-order valence-corrected chi connectivity index (χ3v) is 6.14. The Morgan fingerprint density at radius 2 is 1.39 bits per heavy atom. The first-order valence-electron chi connectivity index (χ1n) is 11.0. The Bertz CT molecular complexity index is 1490. The van der Waals surface area contributed by atoms with Crippen LogP contribution < -0.4 is 15.6 Å². The minimum Gasteiger partial charge on any atom is -0.360 e. The smallest absolute Gasteiger partial charge is 0.193 e. The molecule has 0 aliphatic carbocycles. The highest BCUT2D eigenvalue weighted by atomic mass is 16.1. The van der Waals surface area contributed by atoms with Gasteiger partial charge in [0.2, 0.25) is 0 Å². The minimum atomic E-state index is -0.0540. The number of rotatable bonds is 4. The van der Waals surface area contributed by atoms with Gasteiger partial charge in [0, 0.05) is 36.7 Å². The third kappa shape index (κ3) is 3.44. The fraction of sp³-hybridized carbons (Fsp3) is 0.0714. The number of hydrogen-bond acceptors (Lipinski definition) is 4. The van der Waals surface area contributed by atoms with Crippen molar-refractivity contribution >= 4 is 28.1 Å². The molecule has 0 saturated heterocycles. The number of benzene rings is 3. The van der Waals surface area contributed by atoms with Crippen LogP contribution >= 0.6 is 0 Å². The molecule has 0 fully saturated rings. The van der Waals surface area contributed by atoms with Crippen LogP contribution in [-0.4, -0.2) is 9.55 Å². The highest BCUT2D eigenvalue weighted by Gasteiger charge is 2.23. The van der Waals surface area contributed by atoms with Gasteiger partial charge in [0.25, 0.3) is 0 Å². The number of nitrogens with one attached hydrogen (secondary N) is 1. The molecule has 6 rings (SSSR count). The quantitative estimate of drug-likeness (QED) is 0.400. The molecule has 33 heavy (non-hydrogen) atoms. The van der Waals surface area contributed by atoms with Gasteiger partial charge in [0.05, 0.1) is 22.8 Å². The van der Waals surface area contributed by atoms with Crippen molar-refractivity contribution < 1.29 is 0 Å². The molecule has 1 aliphatic heterocycles. The lowest BCUT2D eigenvalue weighted by Gasteiger charge is -2.24. The van der Waals surface area contributed by atoms with Gasteiger partial charge in [-0.15, -0.1) is 0 Å². The molecular formula is C28H22N4O. The molecular weight excluding hydrogens is 408 g/mol. The lowest BCUT2D eigenvalue weighted by Crippen LogP contribution is -2.19. The van der Waals surface area contributed by atoms with E-state index in [0.717, 1.165) is 35.7 Å². The summed E-state index contributed by atoms with van der Waals surface area (Å²) in [5, 5.41) is 4.07. The maximum Gasteiger partial charge on any atom is 0.193 e. The van der Waals surface area contributed by atoms with E-state index in [9.17, 15) is 4.79 Å². The fourth-order valence-electron chi connectivity index (χ4n) is 4.59. The molecule has 1 aliphatic rings. The zero-order valence-electron chi connectivity index (χ0n) is 18.0. The van der Waals surface area contributed by atoms with Crippen molar-refractivity contribution in [3.63, 3.8) is 0 Å². The van der Waals surface area contributed by atoms with Gasteiger partial charge >= 0.3 is 0 Å². The van der Waals surface area contributed by atoms with Crippen LogP contribution in [0.1, 0.15) is 11.1 Å². The zero-order valence-corrected chi connectivity index (χ0v) is 18.0. The maximum absolute atomic E-state index is 13.2. The van der Waals surface area contributed by atoms with Gasteiger partial charge in [0.1, 0.15) is 5.82 Å². The van der Waals surface area contributed by atoms with Crippen LogP contribution in [0, 0.1) is 0 Å². The maximum atomic E-state index is 13.2. The van der Waals surface area contributed by atoms with Gasteiger partial charge in [-0.25, -0.2) is 0 Å². The first kappa shape index (κ1) is 19.3. The lowest BCUT2D eigenvalue weighted by atomic mass is 10.1. The summed E-state index contributed by atoms with van der Waals surface area (Å²) in [6.07, 6.45) is 3.55. The molecule has 5 heteroatoms. The molecule has 0 spiro atoms. The summed E-state index contributed by atoms with van der Waals surface area (Å²) in [5.41, 5.74) is 6.26. The van der Waals surface area contributed by atoms with E-state index < -0.39 is 0 Å². The fourth-order valence-corrected chi connectivity index (χ4v) is 4.59. The SMILES string of the molecule is O=c1cc(Nc2ccccc2)n(-c2ccccc2)c2c(N3Cc4ccccc4C3)cncc12. The molecule has 0 radical (unpaired) electrons. The Balaban J connectivity index is 1.61. The van der Waals surface area contributed by atoms with Crippen LogP contribution in [0.25, 0.3) is 16.6 Å². The molecule has 5 aromatic rings. The number of para-hydroxylation sites is 2. The highest BCUT2D eigenvalue weighted by molar-refractivity contribution is 5.93. The second kappa shape index (κ2) is 7.95. The summed E-state index contributed by atoms with van der Waals surface area (Å²) in [6, 6.07) is 30.2. The number of anilines is 3. The Morgan fingerprint density at radius 3 is 2.09 bits per heavy atom. The van der Waals surface area contributed by atoms with Gasteiger partial charge in [-0.05, 0) is 35.4 Å². The largest absolute Gasteiger partial charge is 0.360 e. The molecule has 1 N–H and O–H groups in total. The van der Waals surface area contributed by atoms with Gasteiger partial charge in [0.15, 0.2) is 5.43 Å². The van der Waals surface area contributed by atoms with Crippen molar-refractivity contribution in [1.29, 1.82) is 0 Å². The zero-order chi connectivity index (χ0) is 22.2. The number of pyridine rings is 2. The van der Waals surface area contributed by atoms with E-state index in [1.807, 2.05) is 54.7 Å². The third-order valence-electron chi connectivity index (χ3n) is 6.14. The summed E-state index contributed by atoms with van der Waals surface area (Å²) in [7, 11) is 0.